The van der Waals surface area contributed by atoms with E-state index < -0.39 is 29.7 Å². The molecule has 1 atom stereocenters. The van der Waals surface area contributed by atoms with Crippen molar-refractivity contribution in [3.05, 3.63) is 101 Å². The molecule has 0 fully saturated rings. The van der Waals surface area contributed by atoms with E-state index in [1.54, 1.807) is 6.07 Å². The number of carbonyl (C=O) groups is 2. The fourth-order valence-electron chi connectivity index (χ4n) is 3.37. The van der Waals surface area contributed by atoms with E-state index in [9.17, 15) is 22.8 Å². The molecule has 1 heterocycles. The van der Waals surface area contributed by atoms with Crippen LogP contribution in [0, 0.1) is 0 Å². The summed E-state index contributed by atoms with van der Waals surface area (Å²) in [6, 6.07) is 18.2. The van der Waals surface area contributed by atoms with Gasteiger partial charge in [-0.05, 0) is 47.5 Å². The Hall–Kier alpha value is -3.61. The summed E-state index contributed by atoms with van der Waals surface area (Å²) in [4.78, 5) is 24.9. The highest BCUT2D eigenvalue weighted by atomic mass is 19.4. The van der Waals surface area contributed by atoms with Gasteiger partial charge in [0.05, 0.1) is 11.1 Å². The number of benzene rings is 3. The predicted molar refractivity (Wildman–Crippen MR) is 104 cm³/mol. The quantitative estimate of drug-likeness (QED) is 0.586. The molecule has 1 amide bonds. The Kier molecular flexibility index (Phi) is 5.03. The van der Waals surface area contributed by atoms with Crippen LogP contribution < -0.4 is 5.32 Å². The van der Waals surface area contributed by atoms with Crippen LogP contribution in [0.5, 0.6) is 0 Å². The maximum absolute atomic E-state index is 12.9. The van der Waals surface area contributed by atoms with E-state index in [1.165, 1.54) is 24.3 Å². The summed E-state index contributed by atoms with van der Waals surface area (Å²) < 4.78 is 44.1. The van der Waals surface area contributed by atoms with Gasteiger partial charge in [0.15, 0.2) is 0 Å². The van der Waals surface area contributed by atoms with Gasteiger partial charge < -0.3 is 10.1 Å². The van der Waals surface area contributed by atoms with Gasteiger partial charge in [-0.3, -0.25) is 4.79 Å². The number of esters is 1. The smallest absolute Gasteiger partial charge is 0.416 e. The third-order valence-electron chi connectivity index (χ3n) is 4.86. The number of nitrogens with one attached hydrogen (secondary N) is 1. The van der Waals surface area contributed by atoms with E-state index in [4.69, 9.17) is 4.74 Å². The number of carbonyl (C=O) groups excluding carboxylic acids is 2. The number of hydrogen-bond donors (Lipinski definition) is 1. The first-order chi connectivity index (χ1) is 14.3. The molecule has 0 bridgehead atoms. The van der Waals surface area contributed by atoms with Gasteiger partial charge in [-0.15, -0.1) is 0 Å². The van der Waals surface area contributed by atoms with Crippen LogP contribution in [0.2, 0.25) is 0 Å². The van der Waals surface area contributed by atoms with Crippen LogP contribution in [-0.2, 0) is 17.3 Å². The van der Waals surface area contributed by atoms with Crippen LogP contribution in [-0.4, -0.2) is 11.9 Å². The van der Waals surface area contributed by atoms with E-state index in [0.717, 1.165) is 17.7 Å². The van der Waals surface area contributed by atoms with E-state index in [1.807, 2.05) is 30.3 Å². The van der Waals surface area contributed by atoms with Crippen LogP contribution in [0.15, 0.2) is 72.8 Å². The third-order valence-corrected chi connectivity index (χ3v) is 4.86. The van der Waals surface area contributed by atoms with Crippen molar-refractivity contribution in [2.45, 2.75) is 18.7 Å². The molecule has 152 valence electrons. The topological polar surface area (TPSA) is 55.4 Å². The van der Waals surface area contributed by atoms with Crippen molar-refractivity contribution in [1.82, 2.24) is 0 Å². The Labute approximate surface area is 170 Å². The maximum Gasteiger partial charge on any atom is 0.416 e. The van der Waals surface area contributed by atoms with Crippen molar-refractivity contribution < 1.29 is 27.5 Å². The molecule has 4 nitrogen and oxygen atoms in total. The molecule has 3 aromatic carbocycles. The van der Waals surface area contributed by atoms with Crippen molar-refractivity contribution in [1.29, 1.82) is 0 Å². The number of cyclic esters (lactones) is 1. The number of anilines is 1. The minimum absolute atomic E-state index is 0.0362. The fourth-order valence-corrected chi connectivity index (χ4v) is 3.37. The van der Waals surface area contributed by atoms with Gasteiger partial charge in [-0.2, -0.15) is 13.2 Å². The number of amides is 1. The van der Waals surface area contributed by atoms with E-state index >= 15 is 0 Å². The van der Waals surface area contributed by atoms with Gasteiger partial charge >= 0.3 is 12.1 Å². The number of fused-ring (bicyclic) bond motifs is 1. The Morgan fingerprint density at radius 1 is 0.967 bits per heavy atom. The number of alkyl halides is 3. The molecular weight excluding hydrogens is 395 g/mol. The largest absolute Gasteiger partial charge is 0.454 e. The molecule has 4 rings (SSSR count). The second kappa shape index (κ2) is 7.67. The predicted octanol–water partition coefficient (Wildman–Crippen LogP) is 5.41. The highest BCUT2D eigenvalue weighted by Gasteiger charge is 2.31. The number of halogens is 3. The zero-order valence-corrected chi connectivity index (χ0v) is 15.6. The lowest BCUT2D eigenvalue weighted by Crippen LogP contribution is -2.23. The SMILES string of the molecule is O=C(Nc1cccc(C(F)(F)F)c1)c1ccc2c(c1)C[C@H](c1ccccc1)OC2=O. The first-order valence-electron chi connectivity index (χ1n) is 9.19. The van der Waals surface area contributed by atoms with E-state index in [0.29, 0.717) is 17.5 Å². The van der Waals surface area contributed by atoms with Gasteiger partial charge in [0.25, 0.3) is 5.91 Å². The minimum atomic E-state index is -4.50. The molecule has 0 aliphatic carbocycles. The van der Waals surface area contributed by atoms with E-state index in [-0.39, 0.29) is 11.3 Å². The standard InChI is InChI=1S/C23H16F3NO3/c24-23(25,26)17-7-4-8-18(13-17)27-21(28)15-9-10-19-16(11-15)12-20(30-22(19)29)14-5-2-1-3-6-14/h1-11,13,20H,12H2,(H,27,28)/t20-/m1/s1. The summed E-state index contributed by atoms with van der Waals surface area (Å²) in [5.74, 6) is -1.04. The Bertz CT molecular complexity index is 1110. The highest BCUT2D eigenvalue weighted by molar-refractivity contribution is 6.05. The molecule has 30 heavy (non-hydrogen) atoms. The lowest BCUT2D eigenvalue weighted by Gasteiger charge is -2.25. The summed E-state index contributed by atoms with van der Waals surface area (Å²) >= 11 is 0. The average Bonchev–Trinajstić information content (AvgIpc) is 2.73. The van der Waals surface area contributed by atoms with E-state index in [2.05, 4.69) is 5.32 Å². The molecule has 1 N–H and O–H groups in total. The molecule has 0 unspecified atom stereocenters. The summed E-state index contributed by atoms with van der Waals surface area (Å²) in [5.41, 5.74) is 1.30. The fraction of sp³-hybridized carbons (Fsp3) is 0.130. The molecule has 0 radical (unpaired) electrons. The Balaban J connectivity index is 1.57. The van der Waals surface area contributed by atoms with Gasteiger partial charge in [0.2, 0.25) is 0 Å². The normalized spacial score (nSPS) is 15.8. The Morgan fingerprint density at radius 2 is 1.73 bits per heavy atom. The molecule has 0 spiro atoms. The molecule has 3 aromatic rings. The highest BCUT2D eigenvalue weighted by Crippen LogP contribution is 2.32. The van der Waals surface area contributed by atoms with Gasteiger partial charge in [-0.1, -0.05) is 36.4 Å². The molecule has 1 aliphatic heterocycles. The van der Waals surface area contributed by atoms with Crippen LogP contribution in [0.3, 0.4) is 0 Å². The zero-order valence-electron chi connectivity index (χ0n) is 15.6. The second-order valence-corrected chi connectivity index (χ2v) is 6.91. The van der Waals surface area contributed by atoms with Crippen molar-refractivity contribution in [3.63, 3.8) is 0 Å². The zero-order chi connectivity index (χ0) is 21.3. The lowest BCUT2D eigenvalue weighted by atomic mass is 9.93. The number of rotatable bonds is 3. The molecule has 0 saturated carbocycles. The summed E-state index contributed by atoms with van der Waals surface area (Å²) in [6.07, 6.45) is -4.57. The monoisotopic (exact) mass is 411 g/mol. The number of ether oxygens (including phenoxy) is 1. The van der Waals surface area contributed by atoms with Gasteiger partial charge in [0, 0.05) is 17.7 Å². The van der Waals surface area contributed by atoms with Crippen LogP contribution in [0.4, 0.5) is 18.9 Å². The summed E-state index contributed by atoms with van der Waals surface area (Å²) in [7, 11) is 0. The van der Waals surface area contributed by atoms with Crippen LogP contribution in [0.1, 0.15) is 43.5 Å². The molecule has 0 saturated heterocycles. The van der Waals surface area contributed by atoms with Gasteiger partial charge in [-0.25, -0.2) is 4.79 Å². The first-order valence-corrected chi connectivity index (χ1v) is 9.19. The van der Waals surface area contributed by atoms with Crippen LogP contribution in [0.25, 0.3) is 0 Å². The second-order valence-electron chi connectivity index (χ2n) is 6.91. The van der Waals surface area contributed by atoms with Gasteiger partial charge in [0.1, 0.15) is 6.10 Å². The van der Waals surface area contributed by atoms with Crippen molar-refractivity contribution in [2.24, 2.45) is 0 Å². The van der Waals surface area contributed by atoms with Crippen molar-refractivity contribution >= 4 is 17.6 Å². The lowest BCUT2D eigenvalue weighted by molar-refractivity contribution is -0.137. The van der Waals surface area contributed by atoms with Crippen molar-refractivity contribution in [3.8, 4) is 0 Å². The number of hydrogen-bond acceptors (Lipinski definition) is 3. The summed E-state index contributed by atoms with van der Waals surface area (Å²) in [6.45, 7) is 0. The first kappa shape index (κ1) is 19.7. The van der Waals surface area contributed by atoms with Crippen molar-refractivity contribution in [2.75, 3.05) is 5.32 Å². The minimum Gasteiger partial charge on any atom is -0.454 e. The average molecular weight is 411 g/mol. The van der Waals surface area contributed by atoms with Crippen LogP contribution >= 0.6 is 0 Å². The third kappa shape index (κ3) is 4.05. The molecule has 1 aliphatic rings. The molecular formula is C23H16F3NO3. The summed E-state index contributed by atoms with van der Waals surface area (Å²) in [5, 5.41) is 2.48. The molecule has 0 aromatic heterocycles. The Morgan fingerprint density at radius 3 is 2.47 bits per heavy atom. The molecule has 7 heteroatoms. The maximum atomic E-state index is 12.9.